The number of aromatic nitrogens is 1. The summed E-state index contributed by atoms with van der Waals surface area (Å²) in [5.74, 6) is 1.60. The minimum Gasteiger partial charge on any atom is -0.497 e. The van der Waals surface area contributed by atoms with Crippen LogP contribution in [0.2, 0.25) is 0 Å². The molecule has 1 N–H and O–H groups in total. The Morgan fingerprint density at radius 2 is 1.85 bits per heavy atom. The van der Waals surface area contributed by atoms with Gasteiger partial charge in [-0.05, 0) is 43.3 Å². The fourth-order valence-corrected chi connectivity index (χ4v) is 1.58. The molecule has 0 aliphatic carbocycles. The number of carbonyl (C=O) groups excluding carboxylic acids is 1. The zero-order valence-electron chi connectivity index (χ0n) is 11.4. The number of rotatable bonds is 5. The Bertz CT molecular complexity index is 555. The van der Waals surface area contributed by atoms with Gasteiger partial charge in [0.25, 0.3) is 5.91 Å². The standard InChI is InChI=1S/C15H16N2O3/c1-11(15(18)17-14-5-3-4-10-16-14)20-13-8-6-12(19-2)7-9-13/h3-11H,1-2H3,(H,16,17,18). The molecule has 0 spiro atoms. The second-order valence-corrected chi connectivity index (χ2v) is 4.14. The van der Waals surface area contributed by atoms with Crippen LogP contribution in [0.1, 0.15) is 6.92 Å². The van der Waals surface area contributed by atoms with Gasteiger partial charge in [-0.25, -0.2) is 4.98 Å². The maximum absolute atomic E-state index is 11.9. The number of pyridine rings is 1. The number of anilines is 1. The van der Waals surface area contributed by atoms with Gasteiger partial charge in [-0.2, -0.15) is 0 Å². The first-order valence-corrected chi connectivity index (χ1v) is 6.21. The van der Waals surface area contributed by atoms with Crippen molar-refractivity contribution >= 4 is 11.7 Å². The highest BCUT2D eigenvalue weighted by Crippen LogP contribution is 2.18. The molecule has 5 nitrogen and oxygen atoms in total. The van der Waals surface area contributed by atoms with E-state index in [9.17, 15) is 4.79 Å². The van der Waals surface area contributed by atoms with E-state index in [0.717, 1.165) is 5.75 Å². The normalized spacial score (nSPS) is 11.5. The highest BCUT2D eigenvalue weighted by molar-refractivity contribution is 5.93. The molecule has 1 amide bonds. The summed E-state index contributed by atoms with van der Waals surface area (Å²) in [6.45, 7) is 1.68. The summed E-state index contributed by atoms with van der Waals surface area (Å²) in [5.41, 5.74) is 0. The molecule has 1 heterocycles. The molecular formula is C15H16N2O3. The van der Waals surface area contributed by atoms with Gasteiger partial charge >= 0.3 is 0 Å². The van der Waals surface area contributed by atoms with E-state index in [4.69, 9.17) is 9.47 Å². The SMILES string of the molecule is COc1ccc(OC(C)C(=O)Nc2ccccn2)cc1. The number of amides is 1. The Labute approximate surface area is 117 Å². The summed E-state index contributed by atoms with van der Waals surface area (Å²) in [7, 11) is 1.60. The Kier molecular flexibility index (Phi) is 4.55. The Hall–Kier alpha value is -2.56. The van der Waals surface area contributed by atoms with Crippen LogP contribution in [0.25, 0.3) is 0 Å². The van der Waals surface area contributed by atoms with Crippen molar-refractivity contribution in [3.8, 4) is 11.5 Å². The summed E-state index contributed by atoms with van der Waals surface area (Å²) < 4.78 is 10.6. The molecule has 5 heteroatoms. The molecule has 0 bridgehead atoms. The van der Waals surface area contributed by atoms with Crippen LogP contribution in [0, 0.1) is 0 Å². The van der Waals surface area contributed by atoms with Gasteiger partial charge < -0.3 is 14.8 Å². The van der Waals surface area contributed by atoms with Crippen molar-refractivity contribution in [1.29, 1.82) is 0 Å². The number of nitrogens with one attached hydrogen (secondary N) is 1. The number of hydrogen-bond donors (Lipinski definition) is 1. The van der Waals surface area contributed by atoms with E-state index in [1.165, 1.54) is 0 Å². The quantitative estimate of drug-likeness (QED) is 0.908. The molecule has 1 aromatic heterocycles. The van der Waals surface area contributed by atoms with E-state index < -0.39 is 6.10 Å². The van der Waals surface area contributed by atoms with E-state index >= 15 is 0 Å². The van der Waals surface area contributed by atoms with Gasteiger partial charge in [-0.3, -0.25) is 4.79 Å². The van der Waals surface area contributed by atoms with E-state index in [1.807, 2.05) is 0 Å². The topological polar surface area (TPSA) is 60.5 Å². The van der Waals surface area contributed by atoms with E-state index in [-0.39, 0.29) is 5.91 Å². The molecule has 0 aliphatic heterocycles. The van der Waals surface area contributed by atoms with Crippen LogP contribution in [-0.2, 0) is 4.79 Å². The predicted molar refractivity (Wildman–Crippen MR) is 76.0 cm³/mol. The molecule has 0 saturated heterocycles. The zero-order valence-corrected chi connectivity index (χ0v) is 11.4. The molecule has 1 aromatic carbocycles. The summed E-state index contributed by atoms with van der Waals surface area (Å²) in [5, 5.41) is 2.68. The number of nitrogens with zero attached hydrogens (tertiary/aromatic N) is 1. The van der Waals surface area contributed by atoms with E-state index in [2.05, 4.69) is 10.3 Å². The van der Waals surface area contributed by atoms with Crippen LogP contribution >= 0.6 is 0 Å². The Morgan fingerprint density at radius 1 is 1.15 bits per heavy atom. The molecular weight excluding hydrogens is 256 g/mol. The summed E-state index contributed by atoms with van der Waals surface area (Å²) in [6, 6.07) is 12.4. The van der Waals surface area contributed by atoms with Crippen LogP contribution in [0.5, 0.6) is 11.5 Å². The maximum atomic E-state index is 11.9. The van der Waals surface area contributed by atoms with Crippen molar-refractivity contribution in [3.05, 3.63) is 48.7 Å². The largest absolute Gasteiger partial charge is 0.497 e. The van der Waals surface area contributed by atoms with Crippen molar-refractivity contribution in [1.82, 2.24) is 4.98 Å². The number of ether oxygens (including phenoxy) is 2. The van der Waals surface area contributed by atoms with Gasteiger partial charge in [0.2, 0.25) is 0 Å². The van der Waals surface area contributed by atoms with E-state index in [1.54, 1.807) is 62.7 Å². The fraction of sp³-hybridized carbons (Fsp3) is 0.200. The van der Waals surface area contributed by atoms with Crippen LogP contribution in [0.4, 0.5) is 5.82 Å². The summed E-state index contributed by atoms with van der Waals surface area (Å²) >= 11 is 0. The molecule has 20 heavy (non-hydrogen) atoms. The molecule has 1 atom stereocenters. The lowest BCUT2D eigenvalue weighted by Gasteiger charge is -2.14. The first-order valence-electron chi connectivity index (χ1n) is 6.21. The van der Waals surface area contributed by atoms with E-state index in [0.29, 0.717) is 11.6 Å². The Balaban J connectivity index is 1.93. The third-order valence-corrected chi connectivity index (χ3v) is 2.66. The number of hydrogen-bond acceptors (Lipinski definition) is 4. The van der Waals surface area contributed by atoms with Crippen molar-refractivity contribution < 1.29 is 14.3 Å². The molecule has 0 saturated carbocycles. The minimum absolute atomic E-state index is 0.250. The Morgan fingerprint density at radius 3 is 2.45 bits per heavy atom. The van der Waals surface area contributed by atoms with Crippen molar-refractivity contribution in [2.75, 3.05) is 12.4 Å². The number of benzene rings is 1. The molecule has 0 fully saturated rings. The summed E-state index contributed by atoms with van der Waals surface area (Å²) in [4.78, 5) is 16.0. The molecule has 2 aromatic rings. The monoisotopic (exact) mass is 272 g/mol. The van der Waals surface area contributed by atoms with Gasteiger partial charge in [-0.15, -0.1) is 0 Å². The molecule has 0 aliphatic rings. The van der Waals surface area contributed by atoms with Gasteiger partial charge in [0, 0.05) is 6.20 Å². The third kappa shape index (κ3) is 3.71. The van der Waals surface area contributed by atoms with Crippen molar-refractivity contribution in [2.24, 2.45) is 0 Å². The van der Waals surface area contributed by atoms with Gasteiger partial charge in [0.15, 0.2) is 6.10 Å². The van der Waals surface area contributed by atoms with Crippen LogP contribution < -0.4 is 14.8 Å². The van der Waals surface area contributed by atoms with Gasteiger partial charge in [-0.1, -0.05) is 6.07 Å². The van der Waals surface area contributed by atoms with Gasteiger partial charge in [0.1, 0.15) is 17.3 Å². The van der Waals surface area contributed by atoms with Crippen molar-refractivity contribution in [2.45, 2.75) is 13.0 Å². The fourth-order valence-electron chi connectivity index (χ4n) is 1.58. The first-order chi connectivity index (χ1) is 9.69. The second kappa shape index (κ2) is 6.56. The number of carbonyl (C=O) groups is 1. The molecule has 0 radical (unpaired) electrons. The van der Waals surface area contributed by atoms with Crippen LogP contribution in [-0.4, -0.2) is 24.1 Å². The van der Waals surface area contributed by atoms with Crippen molar-refractivity contribution in [3.63, 3.8) is 0 Å². The molecule has 2 rings (SSSR count). The highest BCUT2D eigenvalue weighted by atomic mass is 16.5. The maximum Gasteiger partial charge on any atom is 0.266 e. The van der Waals surface area contributed by atoms with Crippen LogP contribution in [0.15, 0.2) is 48.7 Å². The first kappa shape index (κ1) is 13.9. The minimum atomic E-state index is -0.620. The average Bonchev–Trinajstić information content (AvgIpc) is 2.49. The lowest BCUT2D eigenvalue weighted by atomic mass is 10.3. The third-order valence-electron chi connectivity index (χ3n) is 2.66. The lowest BCUT2D eigenvalue weighted by molar-refractivity contribution is -0.122. The van der Waals surface area contributed by atoms with Crippen LogP contribution in [0.3, 0.4) is 0 Å². The number of methoxy groups -OCH3 is 1. The molecule has 1 unspecified atom stereocenters. The predicted octanol–water partition coefficient (Wildman–Crippen LogP) is 2.50. The molecule has 104 valence electrons. The van der Waals surface area contributed by atoms with Gasteiger partial charge in [0.05, 0.1) is 7.11 Å². The summed E-state index contributed by atoms with van der Waals surface area (Å²) in [6.07, 6.45) is 0.996. The smallest absolute Gasteiger partial charge is 0.266 e. The highest BCUT2D eigenvalue weighted by Gasteiger charge is 2.15. The zero-order chi connectivity index (χ0) is 14.4. The second-order valence-electron chi connectivity index (χ2n) is 4.14. The average molecular weight is 272 g/mol. The lowest BCUT2D eigenvalue weighted by Crippen LogP contribution is -2.30.